The van der Waals surface area contributed by atoms with Crippen molar-refractivity contribution in [2.45, 2.75) is 20.3 Å². The molecule has 6 heteroatoms. The predicted molar refractivity (Wildman–Crippen MR) is 66.8 cm³/mol. The summed E-state index contributed by atoms with van der Waals surface area (Å²) in [5.41, 5.74) is 0. The van der Waals surface area contributed by atoms with Crippen molar-refractivity contribution in [3.63, 3.8) is 0 Å². The summed E-state index contributed by atoms with van der Waals surface area (Å²) in [7, 11) is 1.89. The van der Waals surface area contributed by atoms with Crippen LogP contribution >= 0.6 is 22.9 Å². The summed E-state index contributed by atoms with van der Waals surface area (Å²) in [6.45, 7) is 5.14. The Morgan fingerprint density at radius 3 is 2.69 bits per heavy atom. The van der Waals surface area contributed by atoms with Crippen molar-refractivity contribution < 1.29 is 9.90 Å². The van der Waals surface area contributed by atoms with Crippen molar-refractivity contribution in [2.24, 2.45) is 5.92 Å². The van der Waals surface area contributed by atoms with Gasteiger partial charge in [0, 0.05) is 13.6 Å². The first-order chi connectivity index (χ1) is 7.41. The normalized spacial score (nSPS) is 10.8. The molecule has 0 radical (unpaired) electrons. The summed E-state index contributed by atoms with van der Waals surface area (Å²) in [5.74, 6) is -0.414. The van der Waals surface area contributed by atoms with E-state index in [4.69, 9.17) is 16.7 Å². The average molecular weight is 263 g/mol. The lowest BCUT2D eigenvalue weighted by Gasteiger charge is -2.16. The van der Waals surface area contributed by atoms with Crippen molar-refractivity contribution >= 4 is 34.0 Å². The molecule has 0 aliphatic carbocycles. The van der Waals surface area contributed by atoms with Crippen LogP contribution in [0.25, 0.3) is 0 Å². The molecule has 0 spiro atoms. The number of hydrogen-bond donors (Lipinski definition) is 1. The van der Waals surface area contributed by atoms with Gasteiger partial charge in [0.15, 0.2) is 15.2 Å². The van der Waals surface area contributed by atoms with Gasteiger partial charge >= 0.3 is 5.97 Å². The molecule has 0 atom stereocenters. The number of rotatable bonds is 5. The highest BCUT2D eigenvalue weighted by Crippen LogP contribution is 2.29. The molecule has 0 aliphatic rings. The van der Waals surface area contributed by atoms with Gasteiger partial charge in [0.05, 0.1) is 0 Å². The molecule has 16 heavy (non-hydrogen) atoms. The fourth-order valence-corrected chi connectivity index (χ4v) is 2.24. The fraction of sp³-hybridized carbons (Fsp3) is 0.600. The summed E-state index contributed by atoms with van der Waals surface area (Å²) >= 11 is 6.85. The molecule has 1 rings (SSSR count). The van der Waals surface area contributed by atoms with Crippen LogP contribution in [0.3, 0.4) is 0 Å². The van der Waals surface area contributed by atoms with Gasteiger partial charge in [-0.2, -0.15) is 0 Å². The zero-order valence-corrected chi connectivity index (χ0v) is 11.1. The molecule has 4 nitrogen and oxygen atoms in total. The molecule has 90 valence electrons. The molecule has 0 bridgehead atoms. The minimum atomic E-state index is -1.02. The minimum absolute atomic E-state index is 0.0731. The van der Waals surface area contributed by atoms with E-state index in [1.54, 1.807) is 0 Å². The van der Waals surface area contributed by atoms with E-state index in [1.165, 1.54) is 0 Å². The maximum absolute atomic E-state index is 10.8. The summed E-state index contributed by atoms with van der Waals surface area (Å²) in [4.78, 5) is 16.9. The lowest BCUT2D eigenvalue weighted by Crippen LogP contribution is -2.19. The maximum atomic E-state index is 10.8. The van der Waals surface area contributed by atoms with Gasteiger partial charge in [0.2, 0.25) is 0 Å². The predicted octanol–water partition coefficient (Wildman–Crippen LogP) is 2.98. The molecule has 1 aromatic rings. The van der Waals surface area contributed by atoms with Gasteiger partial charge in [-0.25, -0.2) is 9.78 Å². The van der Waals surface area contributed by atoms with Gasteiger partial charge in [-0.15, -0.1) is 0 Å². The molecule has 0 amide bonds. The highest BCUT2D eigenvalue weighted by atomic mass is 35.5. The van der Waals surface area contributed by atoms with Crippen LogP contribution in [0.4, 0.5) is 5.13 Å². The number of aromatic carboxylic acids is 1. The monoisotopic (exact) mass is 262 g/mol. The first kappa shape index (κ1) is 13.3. The van der Waals surface area contributed by atoms with Crippen LogP contribution in [0, 0.1) is 5.92 Å². The Kier molecular flexibility index (Phi) is 4.56. The second kappa shape index (κ2) is 5.50. The third-order valence-electron chi connectivity index (χ3n) is 2.14. The number of carbonyl (C=O) groups is 1. The van der Waals surface area contributed by atoms with Gasteiger partial charge in [0.25, 0.3) is 0 Å². The van der Waals surface area contributed by atoms with Crippen molar-refractivity contribution in [1.29, 1.82) is 0 Å². The van der Waals surface area contributed by atoms with Gasteiger partial charge < -0.3 is 10.0 Å². The Morgan fingerprint density at radius 2 is 2.25 bits per heavy atom. The smallest absolute Gasteiger partial charge is 0.349 e. The Bertz CT molecular complexity index is 379. The van der Waals surface area contributed by atoms with Gasteiger partial charge in [-0.1, -0.05) is 36.8 Å². The lowest BCUT2D eigenvalue weighted by atomic mass is 10.1. The number of carboxylic acids is 1. The van der Waals surface area contributed by atoms with Crippen LogP contribution in [0.15, 0.2) is 0 Å². The Morgan fingerprint density at radius 1 is 1.62 bits per heavy atom. The third-order valence-corrected chi connectivity index (χ3v) is 3.68. The molecule has 0 unspecified atom stereocenters. The van der Waals surface area contributed by atoms with Crippen LogP contribution in [0.1, 0.15) is 29.9 Å². The van der Waals surface area contributed by atoms with Crippen LogP contribution in [0.5, 0.6) is 0 Å². The summed E-state index contributed by atoms with van der Waals surface area (Å²) in [5, 5.41) is 9.58. The molecule has 0 saturated carbocycles. The van der Waals surface area contributed by atoms with E-state index >= 15 is 0 Å². The molecule has 0 aliphatic heterocycles. The van der Waals surface area contributed by atoms with E-state index < -0.39 is 5.97 Å². The first-order valence-corrected chi connectivity index (χ1v) is 6.22. The largest absolute Gasteiger partial charge is 0.477 e. The standard InChI is InChI=1S/C10H15ClN2O2S/c1-6(2)4-5-13(3)10-12-8(11)7(16-10)9(14)15/h6H,4-5H2,1-3H3,(H,14,15). The zero-order valence-electron chi connectivity index (χ0n) is 9.53. The number of carboxylic acid groups (broad SMARTS) is 1. The van der Waals surface area contributed by atoms with Crippen LogP contribution in [0.2, 0.25) is 5.15 Å². The highest BCUT2D eigenvalue weighted by molar-refractivity contribution is 7.18. The Balaban J connectivity index is 2.73. The quantitative estimate of drug-likeness (QED) is 0.886. The van der Waals surface area contributed by atoms with Gasteiger partial charge in [0.1, 0.15) is 0 Å². The van der Waals surface area contributed by atoms with Crippen molar-refractivity contribution in [2.75, 3.05) is 18.5 Å². The Labute approximate surface area is 104 Å². The average Bonchev–Trinajstić information content (AvgIpc) is 2.56. The number of anilines is 1. The minimum Gasteiger partial charge on any atom is -0.477 e. The van der Waals surface area contributed by atoms with Crippen molar-refractivity contribution in [3.8, 4) is 0 Å². The summed E-state index contributed by atoms with van der Waals surface area (Å²) < 4.78 is 0. The van der Waals surface area contributed by atoms with E-state index in [2.05, 4.69) is 18.8 Å². The van der Waals surface area contributed by atoms with Gasteiger partial charge in [-0.05, 0) is 12.3 Å². The van der Waals surface area contributed by atoms with Gasteiger partial charge in [-0.3, -0.25) is 0 Å². The molecule has 1 N–H and O–H groups in total. The number of hydrogen-bond acceptors (Lipinski definition) is 4. The molecule has 0 fully saturated rings. The van der Waals surface area contributed by atoms with Crippen LogP contribution in [-0.2, 0) is 0 Å². The highest BCUT2D eigenvalue weighted by Gasteiger charge is 2.17. The second-order valence-electron chi connectivity index (χ2n) is 4.03. The number of nitrogens with zero attached hydrogens (tertiary/aromatic N) is 2. The number of aromatic nitrogens is 1. The number of halogens is 1. The van der Waals surface area contributed by atoms with E-state index in [-0.39, 0.29) is 10.0 Å². The molecule has 1 aromatic heterocycles. The second-order valence-corrected chi connectivity index (χ2v) is 5.36. The molecule has 1 heterocycles. The molecular formula is C10H15ClN2O2S. The summed E-state index contributed by atoms with van der Waals surface area (Å²) in [6, 6.07) is 0. The van der Waals surface area contributed by atoms with E-state index in [9.17, 15) is 4.79 Å². The van der Waals surface area contributed by atoms with Crippen molar-refractivity contribution in [1.82, 2.24) is 4.98 Å². The third kappa shape index (κ3) is 3.35. The lowest BCUT2D eigenvalue weighted by molar-refractivity contribution is 0.0702. The van der Waals surface area contributed by atoms with E-state index in [0.29, 0.717) is 11.0 Å². The molecule has 0 saturated heterocycles. The van der Waals surface area contributed by atoms with E-state index in [1.807, 2.05) is 11.9 Å². The number of thiazole rings is 1. The molecule has 0 aromatic carbocycles. The SMILES string of the molecule is CC(C)CCN(C)c1nc(Cl)c(C(=O)O)s1. The Hall–Kier alpha value is -0.810. The van der Waals surface area contributed by atoms with Crippen molar-refractivity contribution in [3.05, 3.63) is 10.0 Å². The van der Waals surface area contributed by atoms with Crippen LogP contribution < -0.4 is 4.90 Å². The first-order valence-electron chi connectivity index (χ1n) is 5.02. The van der Waals surface area contributed by atoms with Crippen LogP contribution in [-0.4, -0.2) is 29.7 Å². The summed E-state index contributed by atoms with van der Waals surface area (Å²) in [6.07, 6.45) is 1.04. The fourth-order valence-electron chi connectivity index (χ4n) is 1.13. The van der Waals surface area contributed by atoms with E-state index in [0.717, 1.165) is 24.3 Å². The topological polar surface area (TPSA) is 53.4 Å². The molecular weight excluding hydrogens is 248 g/mol. The zero-order chi connectivity index (χ0) is 12.3. The maximum Gasteiger partial charge on any atom is 0.349 e.